The Bertz CT molecular complexity index is 1150. The van der Waals surface area contributed by atoms with Gasteiger partial charge in [0.2, 0.25) is 0 Å². The van der Waals surface area contributed by atoms with Gasteiger partial charge in [-0.3, -0.25) is 4.79 Å². The van der Waals surface area contributed by atoms with E-state index in [2.05, 4.69) is 22.2 Å². The largest absolute Gasteiger partial charge is 0.478 e. The monoisotopic (exact) mass is 384 g/mol. The first-order chi connectivity index (χ1) is 14.1. The molecule has 0 saturated carbocycles. The van der Waals surface area contributed by atoms with Crippen LogP contribution in [0.2, 0.25) is 0 Å². The number of aromatic nitrogens is 3. The maximum Gasteiger partial charge on any atom is 0.335 e. The zero-order chi connectivity index (χ0) is 20.2. The summed E-state index contributed by atoms with van der Waals surface area (Å²) in [7, 11) is 0. The van der Waals surface area contributed by atoms with Crippen LogP contribution in [0.25, 0.3) is 6.08 Å². The quantitative estimate of drug-likeness (QED) is 0.702. The van der Waals surface area contributed by atoms with Gasteiger partial charge in [-0.25, -0.2) is 9.48 Å². The number of hydrogen-bond acceptors (Lipinski definition) is 4. The predicted molar refractivity (Wildman–Crippen MR) is 106 cm³/mol. The number of hydrogen-bond donors (Lipinski definition) is 1. The zero-order valence-electron chi connectivity index (χ0n) is 15.3. The minimum absolute atomic E-state index is 0.148. The molecule has 142 valence electrons. The molecule has 0 bridgehead atoms. The molecule has 1 aromatic heterocycles. The van der Waals surface area contributed by atoms with Crippen molar-refractivity contribution >= 4 is 18.0 Å². The molecule has 2 heterocycles. The van der Waals surface area contributed by atoms with Gasteiger partial charge in [0.25, 0.3) is 5.91 Å². The normalized spacial score (nSPS) is 12.1. The summed E-state index contributed by atoms with van der Waals surface area (Å²) in [5.41, 5.74) is 3.48. The summed E-state index contributed by atoms with van der Waals surface area (Å²) in [5.74, 6) is 4.94. The minimum atomic E-state index is -1.02. The second-order valence-electron chi connectivity index (χ2n) is 6.45. The smallest absolute Gasteiger partial charge is 0.335 e. The summed E-state index contributed by atoms with van der Waals surface area (Å²) in [6.07, 6.45) is 6.98. The van der Waals surface area contributed by atoms with Crippen molar-refractivity contribution in [2.24, 2.45) is 0 Å². The molecule has 0 fully saturated rings. The molecule has 7 nitrogen and oxygen atoms in total. The number of carboxylic acid groups (broad SMARTS) is 1. The Morgan fingerprint density at radius 3 is 2.62 bits per heavy atom. The number of fused-ring (bicyclic) bond motifs is 1. The van der Waals surface area contributed by atoms with Crippen LogP contribution in [0, 0.1) is 11.8 Å². The molecule has 0 unspecified atom stereocenters. The van der Waals surface area contributed by atoms with Gasteiger partial charge in [0, 0.05) is 23.5 Å². The van der Waals surface area contributed by atoms with Crippen LogP contribution in [0.15, 0.2) is 61.1 Å². The van der Waals surface area contributed by atoms with Gasteiger partial charge in [-0.1, -0.05) is 23.1 Å². The lowest BCUT2D eigenvalue weighted by molar-refractivity contribution is 0.0695. The van der Waals surface area contributed by atoms with E-state index in [1.165, 1.54) is 24.3 Å². The van der Waals surface area contributed by atoms with Gasteiger partial charge in [-0.05, 0) is 53.6 Å². The Kier molecular flexibility index (Phi) is 4.91. The molecule has 4 rings (SSSR count). The van der Waals surface area contributed by atoms with Crippen molar-refractivity contribution in [3.8, 4) is 11.8 Å². The summed E-state index contributed by atoms with van der Waals surface area (Å²) in [6, 6.07) is 11.8. The molecule has 1 amide bonds. The number of rotatable bonds is 3. The van der Waals surface area contributed by atoms with E-state index >= 15 is 0 Å². The zero-order valence-corrected chi connectivity index (χ0v) is 15.3. The first-order valence-corrected chi connectivity index (χ1v) is 8.88. The van der Waals surface area contributed by atoms with Gasteiger partial charge in [0.1, 0.15) is 6.54 Å². The van der Waals surface area contributed by atoms with Crippen LogP contribution in [0.1, 0.15) is 37.4 Å². The molecule has 1 aliphatic heterocycles. The van der Waals surface area contributed by atoms with Gasteiger partial charge < -0.3 is 10.0 Å². The number of nitrogens with zero attached hydrogens (tertiary/aromatic N) is 4. The molecule has 3 aromatic rings. The number of carbonyl (C=O) groups excluding carboxylic acids is 1. The van der Waals surface area contributed by atoms with Crippen LogP contribution in [-0.4, -0.2) is 36.9 Å². The van der Waals surface area contributed by atoms with E-state index < -0.39 is 5.97 Å². The Labute approximate surface area is 166 Å². The first kappa shape index (κ1) is 18.2. The fourth-order valence-corrected chi connectivity index (χ4v) is 2.99. The highest BCUT2D eigenvalue weighted by molar-refractivity contribution is 5.97. The lowest BCUT2D eigenvalue weighted by atomic mass is 10.0. The highest BCUT2D eigenvalue weighted by atomic mass is 16.4. The van der Waals surface area contributed by atoms with Crippen LogP contribution in [0.4, 0.5) is 0 Å². The van der Waals surface area contributed by atoms with Gasteiger partial charge in [0.05, 0.1) is 18.3 Å². The molecule has 2 aromatic carbocycles. The van der Waals surface area contributed by atoms with Crippen LogP contribution in [-0.2, 0) is 13.1 Å². The van der Waals surface area contributed by atoms with Gasteiger partial charge in [0.15, 0.2) is 0 Å². The van der Waals surface area contributed by atoms with Crippen molar-refractivity contribution in [2.75, 3.05) is 0 Å². The number of carboxylic acids is 1. The third-order valence-corrected chi connectivity index (χ3v) is 4.50. The highest BCUT2D eigenvalue weighted by Gasteiger charge is 2.19. The van der Waals surface area contributed by atoms with Crippen molar-refractivity contribution in [3.63, 3.8) is 0 Å². The first-order valence-electron chi connectivity index (χ1n) is 8.88. The maximum atomic E-state index is 12.8. The molecule has 1 N–H and O–H groups in total. The van der Waals surface area contributed by atoms with Crippen molar-refractivity contribution in [3.05, 3.63) is 88.9 Å². The summed E-state index contributed by atoms with van der Waals surface area (Å²) in [6.45, 7) is 0.873. The number of carbonyl (C=O) groups is 2. The summed E-state index contributed by atoms with van der Waals surface area (Å²) >= 11 is 0. The molecule has 29 heavy (non-hydrogen) atoms. The van der Waals surface area contributed by atoms with Crippen molar-refractivity contribution in [1.29, 1.82) is 0 Å². The van der Waals surface area contributed by atoms with E-state index in [0.717, 1.165) is 16.7 Å². The lowest BCUT2D eigenvalue weighted by Gasteiger charge is -2.24. The topological polar surface area (TPSA) is 88.3 Å². The SMILES string of the molecule is O=C(O)c1ccc(C(=O)N2C=Cc3ccc(C#CCn4ccnn4)cc3C2)cc1. The average Bonchev–Trinajstić information content (AvgIpc) is 3.26. The summed E-state index contributed by atoms with van der Waals surface area (Å²) in [4.78, 5) is 25.3. The molecule has 0 saturated heterocycles. The summed E-state index contributed by atoms with van der Waals surface area (Å²) in [5, 5.41) is 16.6. The third kappa shape index (κ3) is 4.06. The molecule has 1 aliphatic rings. The fourth-order valence-electron chi connectivity index (χ4n) is 2.99. The van der Waals surface area contributed by atoms with E-state index in [-0.39, 0.29) is 11.5 Å². The predicted octanol–water partition coefficient (Wildman–Crippen LogP) is 2.65. The molecule has 0 atom stereocenters. The Morgan fingerprint density at radius 2 is 1.90 bits per heavy atom. The molecular formula is C22H16N4O3. The number of amides is 1. The fraction of sp³-hybridized carbons (Fsp3) is 0.0909. The van der Waals surface area contributed by atoms with Crippen LogP contribution in [0.5, 0.6) is 0 Å². The van der Waals surface area contributed by atoms with Crippen LogP contribution >= 0.6 is 0 Å². The van der Waals surface area contributed by atoms with E-state index in [1.54, 1.807) is 28.2 Å². The maximum absolute atomic E-state index is 12.8. The standard InChI is InChI=1S/C22H16N4O3/c27-21(18-5-7-19(8-6-18)22(28)29)25-12-9-17-4-3-16(14-20(17)15-25)2-1-11-26-13-10-23-24-26/h3-10,12-14H,11,15H2,(H,28,29). The second kappa shape index (κ2) is 7.82. The Morgan fingerprint density at radius 1 is 1.10 bits per heavy atom. The Hall–Kier alpha value is -4.18. The van der Waals surface area contributed by atoms with Gasteiger partial charge in [-0.15, -0.1) is 5.10 Å². The van der Waals surface area contributed by atoms with Gasteiger partial charge in [-0.2, -0.15) is 0 Å². The minimum Gasteiger partial charge on any atom is -0.478 e. The highest BCUT2D eigenvalue weighted by Crippen LogP contribution is 2.22. The molecule has 0 radical (unpaired) electrons. The number of benzene rings is 2. The van der Waals surface area contributed by atoms with E-state index in [0.29, 0.717) is 18.7 Å². The molecular weight excluding hydrogens is 368 g/mol. The van der Waals surface area contributed by atoms with Crippen LogP contribution < -0.4 is 0 Å². The van der Waals surface area contributed by atoms with E-state index in [9.17, 15) is 9.59 Å². The average molecular weight is 384 g/mol. The molecule has 0 spiro atoms. The summed E-state index contributed by atoms with van der Waals surface area (Å²) < 4.78 is 1.64. The second-order valence-corrected chi connectivity index (χ2v) is 6.45. The third-order valence-electron chi connectivity index (χ3n) is 4.50. The van der Waals surface area contributed by atoms with E-state index in [4.69, 9.17) is 5.11 Å². The van der Waals surface area contributed by atoms with Gasteiger partial charge >= 0.3 is 5.97 Å². The molecule has 0 aliphatic carbocycles. The number of aromatic carboxylic acids is 1. The van der Waals surface area contributed by atoms with Crippen molar-refractivity contribution in [2.45, 2.75) is 13.1 Å². The van der Waals surface area contributed by atoms with Crippen molar-refractivity contribution in [1.82, 2.24) is 19.9 Å². The Balaban J connectivity index is 1.49. The lowest BCUT2D eigenvalue weighted by Crippen LogP contribution is -2.27. The van der Waals surface area contributed by atoms with Crippen LogP contribution in [0.3, 0.4) is 0 Å². The molecule has 7 heteroatoms. The van der Waals surface area contributed by atoms with E-state index in [1.807, 2.05) is 24.3 Å². The van der Waals surface area contributed by atoms with Crippen molar-refractivity contribution < 1.29 is 14.7 Å².